The van der Waals surface area contributed by atoms with Gasteiger partial charge < -0.3 is 9.64 Å². The van der Waals surface area contributed by atoms with Crippen LogP contribution in [0.4, 0.5) is 0 Å². The van der Waals surface area contributed by atoms with Crippen LogP contribution in [0.5, 0.6) is 0 Å². The van der Waals surface area contributed by atoms with Crippen LogP contribution >= 0.6 is 0 Å². The second kappa shape index (κ2) is 5.57. The first-order valence-electron chi connectivity index (χ1n) is 7.11. The van der Waals surface area contributed by atoms with Gasteiger partial charge in [-0.05, 0) is 26.7 Å². The van der Waals surface area contributed by atoms with Crippen LogP contribution in [0.3, 0.4) is 0 Å². The first-order valence-corrected chi connectivity index (χ1v) is 7.11. The summed E-state index contributed by atoms with van der Waals surface area (Å²) in [5, 5.41) is 0. The standard InChI is InChI=1S/C14H26N2O2/c1-12(2)15-7-9-16(10-8-15)13(17)14(11-18-3)5-4-6-14/h12H,4-11H2,1-3H3. The van der Waals surface area contributed by atoms with E-state index in [4.69, 9.17) is 4.74 Å². The molecule has 2 fully saturated rings. The van der Waals surface area contributed by atoms with E-state index in [1.165, 1.54) is 6.42 Å². The summed E-state index contributed by atoms with van der Waals surface area (Å²) in [7, 11) is 1.70. The summed E-state index contributed by atoms with van der Waals surface area (Å²) in [5.41, 5.74) is -0.186. The lowest BCUT2D eigenvalue weighted by Crippen LogP contribution is -2.57. The summed E-state index contributed by atoms with van der Waals surface area (Å²) in [6.07, 6.45) is 3.18. The summed E-state index contributed by atoms with van der Waals surface area (Å²) >= 11 is 0. The number of hydrogen-bond donors (Lipinski definition) is 0. The molecule has 18 heavy (non-hydrogen) atoms. The van der Waals surface area contributed by atoms with Gasteiger partial charge in [-0.3, -0.25) is 9.69 Å². The second-order valence-corrected chi connectivity index (χ2v) is 5.99. The van der Waals surface area contributed by atoms with E-state index >= 15 is 0 Å². The Kier molecular flexibility index (Phi) is 4.28. The van der Waals surface area contributed by atoms with Crippen molar-refractivity contribution in [2.45, 2.75) is 39.2 Å². The third-order valence-corrected chi connectivity index (χ3v) is 4.52. The van der Waals surface area contributed by atoms with E-state index in [9.17, 15) is 4.79 Å². The predicted octanol–water partition coefficient (Wildman–Crippen LogP) is 1.36. The number of hydrogen-bond acceptors (Lipinski definition) is 3. The largest absolute Gasteiger partial charge is 0.384 e. The van der Waals surface area contributed by atoms with Crippen LogP contribution in [-0.4, -0.2) is 61.6 Å². The number of carbonyl (C=O) groups is 1. The number of amides is 1. The summed E-state index contributed by atoms with van der Waals surface area (Å²) in [6.45, 7) is 8.80. The van der Waals surface area contributed by atoms with Crippen molar-refractivity contribution < 1.29 is 9.53 Å². The molecule has 0 spiro atoms. The maximum Gasteiger partial charge on any atom is 0.231 e. The molecule has 0 atom stereocenters. The maximum absolute atomic E-state index is 12.6. The molecule has 1 saturated heterocycles. The topological polar surface area (TPSA) is 32.8 Å². The van der Waals surface area contributed by atoms with E-state index < -0.39 is 0 Å². The van der Waals surface area contributed by atoms with Gasteiger partial charge in [0.1, 0.15) is 0 Å². The lowest BCUT2D eigenvalue weighted by Gasteiger charge is -2.45. The molecule has 1 heterocycles. The van der Waals surface area contributed by atoms with Gasteiger partial charge in [0.05, 0.1) is 12.0 Å². The van der Waals surface area contributed by atoms with Gasteiger partial charge >= 0.3 is 0 Å². The quantitative estimate of drug-likeness (QED) is 0.759. The number of ether oxygens (including phenoxy) is 1. The van der Waals surface area contributed by atoms with Crippen molar-refractivity contribution in [3.8, 4) is 0 Å². The SMILES string of the molecule is COCC1(C(=O)N2CCN(C(C)C)CC2)CCC1. The van der Waals surface area contributed by atoms with Crippen molar-refractivity contribution in [2.75, 3.05) is 39.9 Å². The smallest absolute Gasteiger partial charge is 0.231 e. The van der Waals surface area contributed by atoms with Crippen molar-refractivity contribution >= 4 is 5.91 Å². The lowest BCUT2D eigenvalue weighted by molar-refractivity contribution is -0.154. The highest BCUT2D eigenvalue weighted by atomic mass is 16.5. The minimum Gasteiger partial charge on any atom is -0.384 e. The molecule has 4 nitrogen and oxygen atoms in total. The Balaban J connectivity index is 1.91. The molecule has 2 rings (SSSR count). The Morgan fingerprint density at radius 1 is 1.22 bits per heavy atom. The van der Waals surface area contributed by atoms with E-state index in [0.717, 1.165) is 39.0 Å². The maximum atomic E-state index is 12.6. The van der Waals surface area contributed by atoms with Gasteiger partial charge in [0.2, 0.25) is 5.91 Å². The van der Waals surface area contributed by atoms with Crippen LogP contribution in [0.15, 0.2) is 0 Å². The molecule has 0 unspecified atom stereocenters. The Morgan fingerprint density at radius 2 is 1.83 bits per heavy atom. The van der Waals surface area contributed by atoms with E-state index in [1.807, 2.05) is 0 Å². The van der Waals surface area contributed by atoms with Crippen LogP contribution in [0.25, 0.3) is 0 Å². The van der Waals surface area contributed by atoms with Crippen LogP contribution < -0.4 is 0 Å². The van der Waals surface area contributed by atoms with Crippen molar-refractivity contribution in [3.05, 3.63) is 0 Å². The normalized spacial score (nSPS) is 24.1. The molecular formula is C14H26N2O2. The van der Waals surface area contributed by atoms with E-state index in [1.54, 1.807) is 7.11 Å². The van der Waals surface area contributed by atoms with Crippen molar-refractivity contribution in [3.63, 3.8) is 0 Å². The third kappa shape index (κ3) is 2.54. The van der Waals surface area contributed by atoms with Crippen LogP contribution in [0, 0.1) is 5.41 Å². The van der Waals surface area contributed by atoms with Crippen LogP contribution in [-0.2, 0) is 9.53 Å². The number of methoxy groups -OCH3 is 1. The minimum atomic E-state index is -0.186. The molecular weight excluding hydrogens is 228 g/mol. The molecule has 104 valence electrons. The van der Waals surface area contributed by atoms with E-state index in [0.29, 0.717) is 18.6 Å². The van der Waals surface area contributed by atoms with E-state index in [2.05, 4.69) is 23.6 Å². The fraction of sp³-hybridized carbons (Fsp3) is 0.929. The number of piperazine rings is 1. The zero-order chi connectivity index (χ0) is 13.2. The highest BCUT2D eigenvalue weighted by Crippen LogP contribution is 2.42. The molecule has 4 heteroatoms. The molecule has 2 aliphatic rings. The molecule has 1 aliphatic carbocycles. The molecule has 0 aromatic rings. The molecule has 1 amide bonds. The summed E-state index contributed by atoms with van der Waals surface area (Å²) in [6, 6.07) is 0.582. The van der Waals surface area contributed by atoms with Gasteiger partial charge in [-0.15, -0.1) is 0 Å². The van der Waals surface area contributed by atoms with Crippen molar-refractivity contribution in [2.24, 2.45) is 5.41 Å². The summed E-state index contributed by atoms with van der Waals surface area (Å²) in [4.78, 5) is 17.1. The van der Waals surface area contributed by atoms with Gasteiger partial charge in [-0.2, -0.15) is 0 Å². The Bertz CT molecular complexity index is 292. The second-order valence-electron chi connectivity index (χ2n) is 5.99. The average molecular weight is 254 g/mol. The fourth-order valence-corrected chi connectivity index (χ4v) is 3.08. The highest BCUT2D eigenvalue weighted by Gasteiger charge is 2.46. The highest BCUT2D eigenvalue weighted by molar-refractivity contribution is 5.84. The van der Waals surface area contributed by atoms with Gasteiger partial charge in [0.15, 0.2) is 0 Å². The lowest BCUT2D eigenvalue weighted by atomic mass is 9.68. The van der Waals surface area contributed by atoms with Gasteiger partial charge in [0.25, 0.3) is 0 Å². The average Bonchev–Trinajstić information content (AvgIpc) is 2.33. The molecule has 0 N–H and O–H groups in total. The molecule has 0 bridgehead atoms. The fourth-order valence-electron chi connectivity index (χ4n) is 3.08. The summed E-state index contributed by atoms with van der Waals surface area (Å²) in [5.74, 6) is 0.332. The molecule has 0 aromatic heterocycles. The van der Waals surface area contributed by atoms with E-state index in [-0.39, 0.29) is 5.41 Å². The number of nitrogens with zero attached hydrogens (tertiary/aromatic N) is 2. The van der Waals surface area contributed by atoms with Gasteiger partial charge in [0, 0.05) is 39.3 Å². The Hall–Kier alpha value is -0.610. The summed E-state index contributed by atoms with van der Waals surface area (Å²) < 4.78 is 5.26. The molecule has 0 radical (unpaired) electrons. The van der Waals surface area contributed by atoms with Crippen LogP contribution in [0.2, 0.25) is 0 Å². The Morgan fingerprint density at radius 3 is 2.22 bits per heavy atom. The van der Waals surface area contributed by atoms with Gasteiger partial charge in [-0.25, -0.2) is 0 Å². The van der Waals surface area contributed by atoms with Gasteiger partial charge in [-0.1, -0.05) is 6.42 Å². The van der Waals surface area contributed by atoms with Crippen LogP contribution in [0.1, 0.15) is 33.1 Å². The first-order chi connectivity index (χ1) is 8.59. The predicted molar refractivity (Wildman–Crippen MR) is 71.4 cm³/mol. The molecule has 1 aliphatic heterocycles. The molecule has 1 saturated carbocycles. The van der Waals surface area contributed by atoms with Crippen molar-refractivity contribution in [1.82, 2.24) is 9.80 Å². The van der Waals surface area contributed by atoms with Crippen molar-refractivity contribution in [1.29, 1.82) is 0 Å². The first kappa shape index (κ1) is 13.8. The Labute approximate surface area is 110 Å². The zero-order valence-electron chi connectivity index (χ0n) is 11.9. The minimum absolute atomic E-state index is 0.186. The zero-order valence-corrected chi connectivity index (χ0v) is 11.9. The number of carbonyl (C=O) groups excluding carboxylic acids is 1. The number of rotatable bonds is 4. The molecule has 0 aromatic carbocycles. The third-order valence-electron chi connectivity index (χ3n) is 4.52. The monoisotopic (exact) mass is 254 g/mol.